The summed E-state index contributed by atoms with van der Waals surface area (Å²) >= 11 is 1.49. The lowest BCUT2D eigenvalue weighted by Gasteiger charge is -2.20. The van der Waals surface area contributed by atoms with Crippen molar-refractivity contribution < 1.29 is 9.53 Å². The van der Waals surface area contributed by atoms with Crippen molar-refractivity contribution in [2.75, 3.05) is 19.7 Å². The van der Waals surface area contributed by atoms with Crippen molar-refractivity contribution in [1.82, 2.24) is 4.90 Å². The molecule has 5 heteroatoms. The molecule has 3 rings (SSSR count). The van der Waals surface area contributed by atoms with E-state index in [1.807, 2.05) is 30.3 Å². The number of rotatable bonds is 4. The second-order valence-corrected chi connectivity index (χ2v) is 6.89. The summed E-state index contributed by atoms with van der Waals surface area (Å²) in [5.41, 5.74) is 0.976. The number of likely N-dealkylation sites (tertiary alicyclic amines) is 1. The van der Waals surface area contributed by atoms with Crippen LogP contribution in [-0.4, -0.2) is 35.7 Å². The Bertz CT molecular complexity index is 656. The van der Waals surface area contributed by atoms with Crippen molar-refractivity contribution in [3.63, 3.8) is 0 Å². The van der Waals surface area contributed by atoms with Gasteiger partial charge in [-0.2, -0.15) is 4.99 Å². The van der Waals surface area contributed by atoms with E-state index in [-0.39, 0.29) is 5.91 Å². The maximum Gasteiger partial charge on any atom is 0.286 e. The van der Waals surface area contributed by atoms with Crippen LogP contribution in [0.3, 0.4) is 0 Å². The molecule has 0 spiro atoms. The lowest BCUT2D eigenvalue weighted by molar-refractivity contribution is -0.113. The summed E-state index contributed by atoms with van der Waals surface area (Å²) < 4.78 is 5.47. The van der Waals surface area contributed by atoms with Crippen LogP contribution in [-0.2, 0) is 4.79 Å². The first kappa shape index (κ1) is 16.8. The van der Waals surface area contributed by atoms with Gasteiger partial charge in [-0.1, -0.05) is 37.6 Å². The quantitative estimate of drug-likeness (QED) is 0.610. The van der Waals surface area contributed by atoms with Crippen molar-refractivity contribution in [3.05, 3.63) is 47.4 Å². The average Bonchev–Trinajstić information content (AvgIpc) is 2.80. The van der Waals surface area contributed by atoms with Crippen LogP contribution in [0.25, 0.3) is 6.08 Å². The molecule has 0 aromatic heterocycles. The molecule has 2 aliphatic heterocycles. The molecule has 2 aliphatic rings. The van der Waals surface area contributed by atoms with Gasteiger partial charge in [-0.15, -0.1) is 0 Å². The van der Waals surface area contributed by atoms with Gasteiger partial charge >= 0.3 is 0 Å². The van der Waals surface area contributed by atoms with Gasteiger partial charge in [0.15, 0.2) is 5.17 Å². The van der Waals surface area contributed by atoms with Crippen LogP contribution in [0, 0.1) is 0 Å². The third-order valence-electron chi connectivity index (χ3n) is 4.03. The second kappa shape index (κ2) is 8.20. The summed E-state index contributed by atoms with van der Waals surface area (Å²) in [6.07, 6.45) is 8.51. The molecule has 126 valence electrons. The molecule has 1 fully saturated rings. The van der Waals surface area contributed by atoms with Crippen LogP contribution in [0.1, 0.15) is 31.2 Å². The largest absolute Gasteiger partial charge is 0.490 e. The van der Waals surface area contributed by atoms with Gasteiger partial charge in [0, 0.05) is 13.1 Å². The van der Waals surface area contributed by atoms with E-state index in [0.717, 1.165) is 29.6 Å². The van der Waals surface area contributed by atoms with E-state index in [0.29, 0.717) is 11.5 Å². The number of benzene rings is 1. The summed E-state index contributed by atoms with van der Waals surface area (Å²) in [6.45, 7) is 6.12. The number of nitrogens with zero attached hydrogens (tertiary/aromatic N) is 2. The van der Waals surface area contributed by atoms with Gasteiger partial charge in [0.05, 0.1) is 4.91 Å². The molecule has 24 heavy (non-hydrogen) atoms. The van der Waals surface area contributed by atoms with Crippen molar-refractivity contribution >= 4 is 28.9 Å². The van der Waals surface area contributed by atoms with E-state index >= 15 is 0 Å². The third-order valence-corrected chi connectivity index (χ3v) is 5.08. The zero-order valence-corrected chi connectivity index (χ0v) is 14.6. The molecule has 0 atom stereocenters. The minimum Gasteiger partial charge on any atom is -0.490 e. The van der Waals surface area contributed by atoms with Crippen LogP contribution >= 0.6 is 11.8 Å². The smallest absolute Gasteiger partial charge is 0.286 e. The van der Waals surface area contributed by atoms with Crippen LogP contribution in [0.15, 0.2) is 46.8 Å². The molecule has 0 unspecified atom stereocenters. The van der Waals surface area contributed by atoms with Gasteiger partial charge in [0.1, 0.15) is 12.4 Å². The molecule has 0 aliphatic carbocycles. The van der Waals surface area contributed by atoms with Crippen molar-refractivity contribution in [3.8, 4) is 5.75 Å². The van der Waals surface area contributed by atoms with Crippen LogP contribution in [0.2, 0.25) is 0 Å². The maximum absolute atomic E-state index is 12.2. The third kappa shape index (κ3) is 4.29. The summed E-state index contributed by atoms with van der Waals surface area (Å²) in [7, 11) is 0. The number of amidine groups is 1. The van der Waals surface area contributed by atoms with Gasteiger partial charge in [-0.05, 0) is 48.4 Å². The molecular weight excluding hydrogens is 320 g/mol. The van der Waals surface area contributed by atoms with E-state index in [1.54, 1.807) is 6.08 Å². The minimum atomic E-state index is -0.133. The van der Waals surface area contributed by atoms with E-state index in [1.165, 1.54) is 37.4 Å². The number of carbonyl (C=O) groups excluding carboxylic acids is 1. The van der Waals surface area contributed by atoms with E-state index < -0.39 is 0 Å². The van der Waals surface area contributed by atoms with Crippen LogP contribution in [0.5, 0.6) is 5.75 Å². The standard InChI is InChI=1S/C19H22N2O2S/c1-2-13-23-16-9-7-15(8-10-16)14-17-18(22)20-19(24-17)21-11-5-3-4-6-12-21/h2,7-10,14H,1,3-6,11-13H2/b17-14+. The number of hydrogen-bond donors (Lipinski definition) is 0. The highest BCUT2D eigenvalue weighted by molar-refractivity contribution is 8.18. The Kier molecular flexibility index (Phi) is 5.75. The zero-order valence-electron chi connectivity index (χ0n) is 13.7. The highest BCUT2D eigenvalue weighted by Crippen LogP contribution is 2.31. The summed E-state index contributed by atoms with van der Waals surface area (Å²) in [5.74, 6) is 0.662. The molecular formula is C19H22N2O2S. The first-order chi connectivity index (χ1) is 11.8. The molecule has 2 heterocycles. The van der Waals surface area contributed by atoms with Crippen LogP contribution in [0.4, 0.5) is 0 Å². The maximum atomic E-state index is 12.2. The van der Waals surface area contributed by atoms with Crippen molar-refractivity contribution in [1.29, 1.82) is 0 Å². The number of amides is 1. The number of ether oxygens (including phenoxy) is 1. The van der Waals surface area contributed by atoms with Crippen LogP contribution < -0.4 is 4.74 Å². The molecule has 4 nitrogen and oxygen atoms in total. The Balaban J connectivity index is 1.66. The predicted octanol–water partition coefficient (Wildman–Crippen LogP) is 4.10. The number of hydrogen-bond acceptors (Lipinski definition) is 4. The summed E-state index contributed by atoms with van der Waals surface area (Å²) in [4.78, 5) is 19.4. The molecule has 1 saturated heterocycles. The SMILES string of the molecule is C=CCOc1ccc(/C=C2/SC(N3CCCCCC3)=NC2=O)cc1. The van der Waals surface area contributed by atoms with Gasteiger partial charge in [-0.3, -0.25) is 4.79 Å². The van der Waals surface area contributed by atoms with Gasteiger partial charge in [0.2, 0.25) is 0 Å². The predicted molar refractivity (Wildman–Crippen MR) is 100 cm³/mol. The molecule has 1 aromatic carbocycles. The monoisotopic (exact) mass is 342 g/mol. The number of aliphatic imine (C=N–C) groups is 1. The second-order valence-electron chi connectivity index (χ2n) is 5.88. The fraction of sp³-hybridized carbons (Fsp3) is 0.368. The fourth-order valence-corrected chi connectivity index (χ4v) is 3.73. The molecule has 0 bridgehead atoms. The molecule has 0 saturated carbocycles. The summed E-state index contributed by atoms with van der Waals surface area (Å²) in [5, 5.41) is 0.860. The number of carbonyl (C=O) groups is 1. The van der Waals surface area contributed by atoms with Gasteiger partial charge in [-0.25, -0.2) is 0 Å². The number of thioether (sulfide) groups is 1. The molecule has 1 amide bonds. The summed E-state index contributed by atoms with van der Waals surface area (Å²) in [6, 6.07) is 7.69. The van der Waals surface area contributed by atoms with Gasteiger partial charge < -0.3 is 9.64 Å². The molecule has 0 radical (unpaired) electrons. The first-order valence-electron chi connectivity index (χ1n) is 8.37. The van der Waals surface area contributed by atoms with Crippen molar-refractivity contribution in [2.24, 2.45) is 4.99 Å². The lowest BCUT2D eigenvalue weighted by atomic mass is 10.2. The zero-order chi connectivity index (χ0) is 16.8. The average molecular weight is 342 g/mol. The highest BCUT2D eigenvalue weighted by Gasteiger charge is 2.26. The topological polar surface area (TPSA) is 41.9 Å². The Hall–Kier alpha value is -2.01. The fourth-order valence-electron chi connectivity index (χ4n) is 2.76. The Labute approximate surface area is 147 Å². The first-order valence-corrected chi connectivity index (χ1v) is 9.19. The van der Waals surface area contributed by atoms with Gasteiger partial charge in [0.25, 0.3) is 5.91 Å². The minimum absolute atomic E-state index is 0.133. The highest BCUT2D eigenvalue weighted by atomic mass is 32.2. The molecule has 1 aromatic rings. The lowest BCUT2D eigenvalue weighted by Crippen LogP contribution is -2.28. The van der Waals surface area contributed by atoms with Crippen molar-refractivity contribution in [2.45, 2.75) is 25.7 Å². The van der Waals surface area contributed by atoms with E-state index in [4.69, 9.17) is 4.74 Å². The normalized spacial score (nSPS) is 20.0. The van der Waals surface area contributed by atoms with E-state index in [9.17, 15) is 4.79 Å². The molecule has 0 N–H and O–H groups in total. The Morgan fingerprint density at radius 1 is 1.17 bits per heavy atom. The Morgan fingerprint density at radius 2 is 1.88 bits per heavy atom. The Morgan fingerprint density at radius 3 is 2.54 bits per heavy atom. The van der Waals surface area contributed by atoms with E-state index in [2.05, 4.69) is 16.5 Å².